The SMILES string of the molecule is C[C@@H](NC(=O)[C@@H]1COc2ccc(Cl)cc2C1)c1cc2ccccc2o1. The summed E-state index contributed by atoms with van der Waals surface area (Å²) in [6.07, 6.45) is 0.620. The van der Waals surface area contributed by atoms with Gasteiger partial charge in [0.05, 0.1) is 12.0 Å². The molecule has 0 saturated carbocycles. The molecule has 4 rings (SSSR count). The number of hydrogen-bond donors (Lipinski definition) is 1. The fourth-order valence-electron chi connectivity index (χ4n) is 3.15. The standard InChI is InChI=1S/C20H18ClNO3/c1-12(19-10-13-4-2-3-5-18(13)25-19)22-20(23)15-8-14-9-16(21)6-7-17(14)24-11-15/h2-7,9-10,12,15H,8,11H2,1H3,(H,22,23)/t12-,15+/m1/s1. The molecule has 5 heteroatoms. The minimum absolute atomic E-state index is 0.0430. The molecule has 0 aliphatic carbocycles. The first-order valence-corrected chi connectivity index (χ1v) is 8.68. The van der Waals surface area contributed by atoms with Crippen molar-refractivity contribution in [2.24, 2.45) is 5.92 Å². The summed E-state index contributed by atoms with van der Waals surface area (Å²) in [5, 5.41) is 4.71. The van der Waals surface area contributed by atoms with E-state index in [-0.39, 0.29) is 17.9 Å². The van der Waals surface area contributed by atoms with Gasteiger partial charge in [0.1, 0.15) is 23.7 Å². The summed E-state index contributed by atoms with van der Waals surface area (Å²) in [5.74, 6) is 1.27. The molecule has 1 N–H and O–H groups in total. The van der Waals surface area contributed by atoms with Gasteiger partial charge in [0.15, 0.2) is 0 Å². The van der Waals surface area contributed by atoms with Crippen LogP contribution >= 0.6 is 11.6 Å². The van der Waals surface area contributed by atoms with E-state index < -0.39 is 0 Å². The van der Waals surface area contributed by atoms with Gasteiger partial charge in [-0.2, -0.15) is 0 Å². The second-order valence-corrected chi connectivity index (χ2v) is 6.82. The molecule has 0 radical (unpaired) electrons. The van der Waals surface area contributed by atoms with Crippen molar-refractivity contribution in [1.29, 1.82) is 0 Å². The zero-order valence-corrected chi connectivity index (χ0v) is 14.5. The van der Waals surface area contributed by atoms with Crippen molar-refractivity contribution < 1.29 is 13.9 Å². The van der Waals surface area contributed by atoms with Gasteiger partial charge in [0.25, 0.3) is 0 Å². The predicted octanol–water partition coefficient (Wildman–Crippen LogP) is 4.51. The van der Waals surface area contributed by atoms with Gasteiger partial charge < -0.3 is 14.5 Å². The van der Waals surface area contributed by atoms with Crippen LogP contribution in [-0.2, 0) is 11.2 Å². The molecule has 0 bridgehead atoms. The maximum atomic E-state index is 12.6. The zero-order valence-electron chi connectivity index (χ0n) is 13.8. The number of ether oxygens (including phenoxy) is 1. The van der Waals surface area contributed by atoms with E-state index in [0.29, 0.717) is 18.1 Å². The predicted molar refractivity (Wildman–Crippen MR) is 96.9 cm³/mol. The van der Waals surface area contributed by atoms with Crippen molar-refractivity contribution in [2.45, 2.75) is 19.4 Å². The molecule has 1 aromatic heterocycles. The third kappa shape index (κ3) is 3.22. The van der Waals surface area contributed by atoms with Crippen LogP contribution in [-0.4, -0.2) is 12.5 Å². The third-order valence-corrected chi connectivity index (χ3v) is 4.76. The first-order chi connectivity index (χ1) is 12.1. The Labute approximate surface area is 150 Å². The molecular formula is C20H18ClNO3. The molecule has 2 aromatic carbocycles. The molecule has 4 nitrogen and oxygen atoms in total. The van der Waals surface area contributed by atoms with E-state index in [0.717, 1.165) is 28.0 Å². The minimum Gasteiger partial charge on any atom is -0.492 e. The van der Waals surface area contributed by atoms with Gasteiger partial charge in [-0.15, -0.1) is 0 Å². The number of carbonyl (C=O) groups is 1. The molecule has 2 heterocycles. The Morgan fingerprint density at radius 3 is 2.92 bits per heavy atom. The molecule has 3 aromatic rings. The highest BCUT2D eigenvalue weighted by Gasteiger charge is 2.27. The molecule has 128 valence electrons. The maximum Gasteiger partial charge on any atom is 0.227 e. The Bertz CT molecular complexity index is 901. The van der Waals surface area contributed by atoms with Gasteiger partial charge in [0, 0.05) is 10.4 Å². The van der Waals surface area contributed by atoms with E-state index >= 15 is 0 Å². The highest BCUT2D eigenvalue weighted by molar-refractivity contribution is 6.30. The number of halogens is 1. The fraction of sp³-hybridized carbons (Fsp3) is 0.250. The fourth-order valence-corrected chi connectivity index (χ4v) is 3.34. The molecule has 0 saturated heterocycles. The number of benzene rings is 2. The molecule has 25 heavy (non-hydrogen) atoms. The number of carbonyl (C=O) groups excluding carboxylic acids is 1. The molecule has 0 unspecified atom stereocenters. The second-order valence-electron chi connectivity index (χ2n) is 6.38. The molecule has 1 amide bonds. The number of fused-ring (bicyclic) bond motifs is 2. The Morgan fingerprint density at radius 2 is 2.08 bits per heavy atom. The lowest BCUT2D eigenvalue weighted by Crippen LogP contribution is -2.38. The first kappa shape index (κ1) is 16.0. The molecular weight excluding hydrogens is 338 g/mol. The summed E-state index contributed by atoms with van der Waals surface area (Å²) in [7, 11) is 0. The van der Waals surface area contributed by atoms with Gasteiger partial charge >= 0.3 is 0 Å². The molecule has 0 spiro atoms. The number of furan rings is 1. The van der Waals surface area contributed by atoms with Crippen LogP contribution in [0.1, 0.15) is 24.3 Å². The van der Waals surface area contributed by atoms with Crippen molar-refractivity contribution in [2.75, 3.05) is 6.61 Å². The van der Waals surface area contributed by atoms with Gasteiger partial charge in [0.2, 0.25) is 5.91 Å². The van der Waals surface area contributed by atoms with Gasteiger partial charge in [-0.3, -0.25) is 4.79 Å². The monoisotopic (exact) mass is 355 g/mol. The van der Waals surface area contributed by atoms with E-state index in [1.165, 1.54) is 0 Å². The lowest BCUT2D eigenvalue weighted by molar-refractivity contribution is -0.127. The summed E-state index contributed by atoms with van der Waals surface area (Å²) < 4.78 is 11.5. The van der Waals surface area contributed by atoms with Crippen LogP contribution in [0.2, 0.25) is 5.02 Å². The minimum atomic E-state index is -0.238. The number of hydrogen-bond acceptors (Lipinski definition) is 3. The molecule has 2 atom stereocenters. The summed E-state index contributed by atoms with van der Waals surface area (Å²) >= 11 is 6.04. The maximum absolute atomic E-state index is 12.6. The first-order valence-electron chi connectivity index (χ1n) is 8.30. The number of nitrogens with one attached hydrogen (secondary N) is 1. The molecule has 0 fully saturated rings. The Kier molecular flexibility index (Phi) is 4.14. The van der Waals surface area contributed by atoms with E-state index in [1.807, 2.05) is 49.4 Å². The largest absolute Gasteiger partial charge is 0.492 e. The van der Waals surface area contributed by atoms with E-state index in [2.05, 4.69) is 5.32 Å². The number of para-hydroxylation sites is 1. The molecule has 1 aliphatic rings. The Balaban J connectivity index is 1.46. The smallest absolute Gasteiger partial charge is 0.227 e. The highest BCUT2D eigenvalue weighted by atomic mass is 35.5. The van der Waals surface area contributed by atoms with Crippen molar-refractivity contribution in [1.82, 2.24) is 5.32 Å². The van der Waals surface area contributed by atoms with Crippen molar-refractivity contribution in [3.05, 3.63) is 64.9 Å². The summed E-state index contributed by atoms with van der Waals surface area (Å²) in [5.41, 5.74) is 1.79. The van der Waals surface area contributed by atoms with Crippen molar-refractivity contribution in [3.63, 3.8) is 0 Å². The van der Waals surface area contributed by atoms with Crippen LogP contribution in [0.15, 0.2) is 52.9 Å². The van der Waals surface area contributed by atoms with Crippen LogP contribution in [0.25, 0.3) is 11.0 Å². The summed E-state index contributed by atoms with van der Waals surface area (Å²) in [6, 6.07) is 15.1. The van der Waals surface area contributed by atoms with Crippen LogP contribution in [0.5, 0.6) is 5.75 Å². The van der Waals surface area contributed by atoms with Crippen LogP contribution in [0.3, 0.4) is 0 Å². The third-order valence-electron chi connectivity index (χ3n) is 4.53. The number of amides is 1. The Morgan fingerprint density at radius 1 is 1.24 bits per heavy atom. The van der Waals surface area contributed by atoms with Crippen molar-refractivity contribution >= 4 is 28.5 Å². The topological polar surface area (TPSA) is 51.5 Å². The summed E-state index contributed by atoms with van der Waals surface area (Å²) in [6.45, 7) is 2.29. The van der Waals surface area contributed by atoms with Gasteiger partial charge in [-0.1, -0.05) is 29.8 Å². The van der Waals surface area contributed by atoms with E-state index in [9.17, 15) is 4.79 Å². The van der Waals surface area contributed by atoms with Crippen LogP contribution < -0.4 is 10.1 Å². The van der Waals surface area contributed by atoms with Crippen molar-refractivity contribution in [3.8, 4) is 5.75 Å². The lowest BCUT2D eigenvalue weighted by Gasteiger charge is -2.25. The van der Waals surface area contributed by atoms with Gasteiger partial charge in [-0.05, 0) is 49.2 Å². The summed E-state index contributed by atoms with van der Waals surface area (Å²) in [4.78, 5) is 12.6. The van der Waals surface area contributed by atoms with Crippen LogP contribution in [0, 0.1) is 5.92 Å². The lowest BCUT2D eigenvalue weighted by atomic mass is 9.95. The highest BCUT2D eigenvalue weighted by Crippen LogP contribution is 2.30. The average Bonchev–Trinajstić information content (AvgIpc) is 3.05. The second kappa shape index (κ2) is 6.45. The Hall–Kier alpha value is -2.46. The van der Waals surface area contributed by atoms with Crippen LogP contribution in [0.4, 0.5) is 0 Å². The van der Waals surface area contributed by atoms with Gasteiger partial charge in [-0.25, -0.2) is 0 Å². The van der Waals surface area contributed by atoms with E-state index in [1.54, 1.807) is 6.07 Å². The molecule has 1 aliphatic heterocycles. The quantitative estimate of drug-likeness (QED) is 0.751. The average molecular weight is 356 g/mol. The van der Waals surface area contributed by atoms with E-state index in [4.69, 9.17) is 20.8 Å². The number of rotatable bonds is 3. The normalized spacial score (nSPS) is 17.6. The zero-order chi connectivity index (χ0) is 17.4.